The molecule has 1 aromatic rings. The van der Waals surface area contributed by atoms with E-state index in [1.165, 1.54) is 18.1 Å². The van der Waals surface area contributed by atoms with Gasteiger partial charge in [0.2, 0.25) is 5.91 Å². The summed E-state index contributed by atoms with van der Waals surface area (Å²) in [5.74, 6) is -2.18. The average molecular weight is 399 g/mol. The van der Waals surface area contributed by atoms with Crippen molar-refractivity contribution in [3.05, 3.63) is 35.9 Å². The maximum absolute atomic E-state index is 12.7. The second-order valence-electron chi connectivity index (χ2n) is 6.92. The fraction of sp³-hybridized carbons (Fsp3) is 0.429. The van der Waals surface area contributed by atoms with Crippen LogP contribution in [0.3, 0.4) is 0 Å². The molecule has 8 heteroatoms. The van der Waals surface area contributed by atoms with Crippen molar-refractivity contribution >= 4 is 29.4 Å². The van der Waals surface area contributed by atoms with Crippen LogP contribution in [-0.2, 0) is 14.4 Å². The van der Waals surface area contributed by atoms with E-state index < -0.39 is 30.3 Å². The van der Waals surface area contributed by atoms with E-state index in [4.69, 9.17) is 4.74 Å². The summed E-state index contributed by atoms with van der Waals surface area (Å²) in [6, 6.07) is 5.62. The predicted molar refractivity (Wildman–Crippen MR) is 106 cm³/mol. The second kappa shape index (κ2) is 9.36. The van der Waals surface area contributed by atoms with Gasteiger partial charge in [-0.1, -0.05) is 23.8 Å². The van der Waals surface area contributed by atoms with Crippen LogP contribution in [0, 0.1) is 0 Å². The van der Waals surface area contributed by atoms with Gasteiger partial charge in [-0.3, -0.25) is 14.4 Å². The highest BCUT2D eigenvalue weighted by Gasteiger charge is 2.47. The average Bonchev–Trinajstić information content (AvgIpc) is 2.93. The number of urea groups is 1. The summed E-state index contributed by atoms with van der Waals surface area (Å²) in [4.78, 5) is 51.1. The Hall–Kier alpha value is -3.16. The van der Waals surface area contributed by atoms with Gasteiger partial charge in [-0.05, 0) is 51.2 Å². The zero-order chi connectivity index (χ0) is 20.8. The van der Waals surface area contributed by atoms with E-state index in [-0.39, 0.29) is 5.69 Å². The molecule has 0 saturated carbocycles. The van der Waals surface area contributed by atoms with Crippen molar-refractivity contribution in [3.63, 3.8) is 0 Å². The molecule has 0 atom stereocenters. The van der Waals surface area contributed by atoms with Crippen LogP contribution in [0.1, 0.15) is 39.0 Å². The molecule has 0 spiro atoms. The van der Waals surface area contributed by atoms with Gasteiger partial charge in [-0.25, -0.2) is 14.6 Å². The molecule has 3 rings (SSSR count). The van der Waals surface area contributed by atoms with Gasteiger partial charge in [-0.15, -0.1) is 0 Å². The first-order valence-electron chi connectivity index (χ1n) is 9.89. The van der Waals surface area contributed by atoms with Gasteiger partial charge >= 0.3 is 17.8 Å². The Morgan fingerprint density at radius 3 is 2.66 bits per heavy atom. The fourth-order valence-electron chi connectivity index (χ4n) is 3.47. The minimum absolute atomic E-state index is 0.185. The number of carbonyl (C=O) groups excluding carboxylic acids is 4. The summed E-state index contributed by atoms with van der Waals surface area (Å²) >= 11 is 0. The second-order valence-corrected chi connectivity index (χ2v) is 6.92. The van der Waals surface area contributed by atoms with E-state index in [9.17, 15) is 19.2 Å². The number of amides is 5. The van der Waals surface area contributed by atoms with E-state index in [2.05, 4.69) is 11.4 Å². The Labute approximate surface area is 169 Å². The number of carbonyl (C=O) groups is 4. The Morgan fingerprint density at radius 1 is 1.14 bits per heavy atom. The van der Waals surface area contributed by atoms with Crippen LogP contribution in [-0.4, -0.2) is 48.3 Å². The van der Waals surface area contributed by atoms with Crippen LogP contribution < -0.4 is 15.0 Å². The zero-order valence-corrected chi connectivity index (χ0v) is 16.5. The number of hydrogen-bond donors (Lipinski definition) is 1. The Kier molecular flexibility index (Phi) is 6.64. The summed E-state index contributed by atoms with van der Waals surface area (Å²) in [7, 11) is 0. The van der Waals surface area contributed by atoms with Crippen LogP contribution in [0.2, 0.25) is 0 Å². The first-order valence-corrected chi connectivity index (χ1v) is 9.89. The summed E-state index contributed by atoms with van der Waals surface area (Å²) in [6.07, 6.45) is 7.43. The fourth-order valence-corrected chi connectivity index (χ4v) is 3.47. The van der Waals surface area contributed by atoms with E-state index in [0.29, 0.717) is 23.8 Å². The first kappa shape index (κ1) is 20.6. The van der Waals surface area contributed by atoms with Gasteiger partial charge in [0.05, 0.1) is 12.3 Å². The lowest BCUT2D eigenvalue weighted by Gasteiger charge is -2.18. The minimum Gasteiger partial charge on any atom is -0.492 e. The monoisotopic (exact) mass is 399 g/mol. The number of nitrogens with one attached hydrogen (secondary N) is 1. The number of rotatable bonds is 8. The largest absolute Gasteiger partial charge is 0.492 e. The molecule has 8 nitrogen and oxygen atoms in total. The van der Waals surface area contributed by atoms with Crippen LogP contribution in [0.25, 0.3) is 0 Å². The number of allylic oxidation sites excluding steroid dienone is 1. The molecule has 1 aromatic carbocycles. The molecule has 1 fully saturated rings. The predicted octanol–water partition coefficient (Wildman–Crippen LogP) is 2.39. The molecule has 0 unspecified atom stereocenters. The number of nitrogens with zero attached hydrogens (tertiary/aromatic N) is 2. The molecule has 29 heavy (non-hydrogen) atoms. The van der Waals surface area contributed by atoms with Crippen molar-refractivity contribution in [2.24, 2.45) is 0 Å². The van der Waals surface area contributed by atoms with Crippen LogP contribution in [0.5, 0.6) is 5.75 Å². The van der Waals surface area contributed by atoms with Crippen LogP contribution in [0.15, 0.2) is 35.9 Å². The van der Waals surface area contributed by atoms with Crippen molar-refractivity contribution in [3.8, 4) is 5.75 Å². The third-order valence-electron chi connectivity index (χ3n) is 4.91. The summed E-state index contributed by atoms with van der Waals surface area (Å²) < 4.78 is 5.45. The SMILES string of the molecule is CCOc1ccccc1N1C(=O)C(=O)N(CC(=O)NCCC2=CCCCC2)C1=O. The first-order chi connectivity index (χ1) is 14.0. The molecule has 2 aliphatic rings. The number of imide groups is 2. The molecular formula is C21H25N3O5. The molecule has 1 heterocycles. The van der Waals surface area contributed by atoms with Crippen LogP contribution in [0.4, 0.5) is 10.5 Å². The standard InChI is InChI=1S/C21H25N3O5/c1-2-29-17-11-7-6-10-16(17)24-20(27)19(26)23(21(24)28)14-18(25)22-13-12-15-8-4-3-5-9-15/h6-8,10-11H,2-5,9,12-14H2,1H3,(H,22,25). The Balaban J connectivity index is 1.63. The number of anilines is 1. The van der Waals surface area contributed by atoms with Crippen molar-refractivity contribution in [2.75, 3.05) is 24.6 Å². The number of hydrogen-bond acceptors (Lipinski definition) is 5. The Morgan fingerprint density at radius 2 is 1.93 bits per heavy atom. The van der Waals surface area contributed by atoms with E-state index in [1.807, 2.05) is 0 Å². The molecule has 1 aliphatic heterocycles. The molecule has 0 bridgehead atoms. The molecular weight excluding hydrogens is 374 g/mol. The lowest BCUT2D eigenvalue weighted by atomic mass is 9.97. The topological polar surface area (TPSA) is 96.0 Å². The highest BCUT2D eigenvalue weighted by molar-refractivity contribution is 6.53. The smallest absolute Gasteiger partial charge is 0.339 e. The van der Waals surface area contributed by atoms with E-state index >= 15 is 0 Å². The normalized spacial score (nSPS) is 16.9. The molecule has 1 saturated heterocycles. The summed E-state index contributed by atoms with van der Waals surface area (Å²) in [6.45, 7) is 2.06. The van der Waals surface area contributed by atoms with Gasteiger partial charge in [0.1, 0.15) is 12.3 Å². The van der Waals surface area contributed by atoms with Crippen molar-refractivity contribution in [1.29, 1.82) is 0 Å². The molecule has 1 N–H and O–H groups in total. The van der Waals surface area contributed by atoms with Crippen molar-refractivity contribution in [2.45, 2.75) is 39.0 Å². The molecule has 0 aromatic heterocycles. The van der Waals surface area contributed by atoms with Gasteiger partial charge in [0.25, 0.3) is 0 Å². The maximum Gasteiger partial charge on any atom is 0.339 e. The lowest BCUT2D eigenvalue weighted by Crippen LogP contribution is -2.41. The third-order valence-corrected chi connectivity index (χ3v) is 4.91. The van der Waals surface area contributed by atoms with Gasteiger partial charge < -0.3 is 10.1 Å². The number of ether oxygens (including phenoxy) is 1. The lowest BCUT2D eigenvalue weighted by molar-refractivity contribution is -0.140. The van der Waals surface area contributed by atoms with Crippen LogP contribution >= 0.6 is 0 Å². The number of para-hydroxylation sites is 2. The Bertz CT molecular complexity index is 848. The van der Waals surface area contributed by atoms with Gasteiger partial charge in [0.15, 0.2) is 0 Å². The van der Waals surface area contributed by atoms with E-state index in [1.54, 1.807) is 25.1 Å². The number of benzene rings is 1. The van der Waals surface area contributed by atoms with E-state index in [0.717, 1.165) is 30.6 Å². The minimum atomic E-state index is -1.02. The van der Waals surface area contributed by atoms with Crippen molar-refractivity contribution in [1.82, 2.24) is 10.2 Å². The van der Waals surface area contributed by atoms with Gasteiger partial charge in [-0.2, -0.15) is 0 Å². The molecule has 5 amide bonds. The third kappa shape index (κ3) is 4.64. The van der Waals surface area contributed by atoms with Gasteiger partial charge in [0, 0.05) is 6.54 Å². The summed E-state index contributed by atoms with van der Waals surface area (Å²) in [5, 5.41) is 2.72. The maximum atomic E-state index is 12.7. The highest BCUT2D eigenvalue weighted by atomic mass is 16.5. The quantitative estimate of drug-likeness (QED) is 0.411. The summed E-state index contributed by atoms with van der Waals surface area (Å²) in [5.41, 5.74) is 1.50. The molecule has 154 valence electrons. The highest BCUT2D eigenvalue weighted by Crippen LogP contribution is 2.31. The molecule has 1 aliphatic carbocycles. The zero-order valence-electron chi connectivity index (χ0n) is 16.5. The molecule has 0 radical (unpaired) electrons. The van der Waals surface area contributed by atoms with Crippen molar-refractivity contribution < 1.29 is 23.9 Å².